The van der Waals surface area contributed by atoms with Crippen molar-refractivity contribution in [3.8, 4) is 0 Å². The van der Waals surface area contributed by atoms with Crippen molar-refractivity contribution in [2.24, 2.45) is 0 Å². The monoisotopic (exact) mass is 886 g/mol. The second kappa shape index (κ2) is 38.9. The Morgan fingerprint density at radius 2 is 1.07 bits per heavy atom. The molecule has 342 valence electrons. The fraction of sp³-hybridized carbons (Fsp3) is 0.591. The van der Waals surface area contributed by atoms with E-state index in [0.717, 1.165) is 64.2 Å². The highest BCUT2D eigenvalue weighted by molar-refractivity contribution is 7.47. The van der Waals surface area contributed by atoms with Gasteiger partial charge < -0.3 is 34.4 Å². The van der Waals surface area contributed by atoms with Gasteiger partial charge in [0.25, 0.3) is 0 Å². The molecule has 14 nitrogen and oxygen atoms in total. The van der Waals surface area contributed by atoms with Crippen LogP contribution in [0.4, 0.5) is 0 Å². The van der Waals surface area contributed by atoms with Gasteiger partial charge in [-0.3, -0.25) is 23.2 Å². The van der Waals surface area contributed by atoms with Crippen molar-refractivity contribution >= 4 is 27.6 Å². The number of phosphoric acid groups is 2. The topological polar surface area (TPSA) is 216 Å². The molecule has 0 radical (unpaired) electrons. The lowest BCUT2D eigenvalue weighted by Crippen LogP contribution is -2.29. The molecule has 0 rings (SSSR count). The van der Waals surface area contributed by atoms with Crippen LogP contribution >= 0.6 is 15.6 Å². The fourth-order valence-electron chi connectivity index (χ4n) is 4.89. The van der Waals surface area contributed by atoms with E-state index in [1.54, 1.807) is 12.2 Å². The molecule has 0 saturated carbocycles. The SMILES string of the molecule is CC/C=C\C/C=C\C/C=C\CCCCCCCC(=O)OC[C@H](COP(=O)(O)OC[C@@H](O)COP(=O)(O)O)OC(=O)CCC/C=C\C/C=C\C=C\C(O)C/C=C\C/C=C\CC. The average Bonchev–Trinajstić information content (AvgIpc) is 3.20. The van der Waals surface area contributed by atoms with Gasteiger partial charge in [-0.15, -0.1) is 0 Å². The maximum atomic E-state index is 12.6. The molecule has 0 aromatic rings. The average molecular weight is 887 g/mol. The zero-order valence-corrected chi connectivity index (χ0v) is 37.4. The van der Waals surface area contributed by atoms with Crippen molar-refractivity contribution in [2.45, 2.75) is 141 Å². The quantitative estimate of drug-likeness (QED) is 0.0128. The van der Waals surface area contributed by atoms with Crippen LogP contribution in [0, 0.1) is 0 Å². The van der Waals surface area contributed by atoms with Crippen LogP contribution in [0.25, 0.3) is 0 Å². The van der Waals surface area contributed by atoms with Crippen molar-refractivity contribution in [3.05, 3.63) is 97.2 Å². The molecule has 0 amide bonds. The maximum absolute atomic E-state index is 12.6. The first kappa shape index (κ1) is 57.0. The standard InChI is InChI=1S/C44H72O14P2/c1-3-5-7-9-11-12-13-14-15-16-17-18-22-26-30-34-43(47)54-38-42(39-57-60(52,53)56-37-41(46)36-55-59(49,50)51)58-44(48)35-31-27-23-20-19-21-25-29-33-40(45)32-28-24-10-8-6-4-2/h5-8,11-12,14-15,20-21,23-25,28-29,33,40-42,45-46H,3-4,9-10,13,16-19,22,26-27,30-32,34-39H2,1-2H3,(H,52,53)(H2,49,50,51)/b7-5-,8-6-,12-11-,15-14-,23-20-,25-21-,28-24-,33-29+/t40?,41-,42+/m0/s1. The van der Waals surface area contributed by atoms with Crippen molar-refractivity contribution in [3.63, 3.8) is 0 Å². The Hall–Kier alpha value is -3.00. The Kier molecular flexibility index (Phi) is 36.9. The zero-order valence-electron chi connectivity index (χ0n) is 35.6. The van der Waals surface area contributed by atoms with E-state index in [0.29, 0.717) is 32.1 Å². The first-order valence-electron chi connectivity index (χ1n) is 21.0. The molecular weight excluding hydrogens is 814 g/mol. The number of aliphatic hydroxyl groups is 2. The number of aliphatic hydroxyl groups excluding tert-OH is 2. The number of hydrogen-bond donors (Lipinski definition) is 5. The summed E-state index contributed by atoms with van der Waals surface area (Å²) >= 11 is 0. The molecule has 0 saturated heterocycles. The molecule has 0 fully saturated rings. The Labute approximate surface area is 358 Å². The van der Waals surface area contributed by atoms with Gasteiger partial charge in [-0.2, -0.15) is 0 Å². The summed E-state index contributed by atoms with van der Waals surface area (Å²) < 4.78 is 47.6. The summed E-state index contributed by atoms with van der Waals surface area (Å²) in [5.41, 5.74) is 0. The molecule has 0 aliphatic rings. The highest BCUT2D eigenvalue weighted by Gasteiger charge is 2.28. The highest BCUT2D eigenvalue weighted by Crippen LogP contribution is 2.43. The van der Waals surface area contributed by atoms with Gasteiger partial charge in [0, 0.05) is 12.8 Å². The van der Waals surface area contributed by atoms with E-state index < -0.39 is 72.3 Å². The number of carbonyl (C=O) groups is 2. The van der Waals surface area contributed by atoms with E-state index >= 15 is 0 Å². The Balaban J connectivity index is 4.75. The van der Waals surface area contributed by atoms with E-state index in [1.165, 1.54) is 0 Å². The molecule has 0 aromatic heterocycles. The molecular formula is C44H72O14P2. The van der Waals surface area contributed by atoms with Crippen LogP contribution in [0.2, 0.25) is 0 Å². The first-order chi connectivity index (χ1) is 28.8. The predicted octanol–water partition coefficient (Wildman–Crippen LogP) is 9.53. The van der Waals surface area contributed by atoms with Crippen molar-refractivity contribution in [2.75, 3.05) is 26.4 Å². The second-order valence-electron chi connectivity index (χ2n) is 13.7. The third-order valence-electron chi connectivity index (χ3n) is 8.04. The lowest BCUT2D eigenvalue weighted by Gasteiger charge is -2.20. The Bertz CT molecular complexity index is 1440. The zero-order chi connectivity index (χ0) is 44.6. The van der Waals surface area contributed by atoms with E-state index in [2.05, 4.69) is 71.5 Å². The molecule has 0 aliphatic carbocycles. The van der Waals surface area contributed by atoms with Gasteiger partial charge >= 0.3 is 27.6 Å². The number of ether oxygens (including phenoxy) is 2. The number of allylic oxidation sites excluding steroid dienone is 14. The Morgan fingerprint density at radius 1 is 0.550 bits per heavy atom. The summed E-state index contributed by atoms with van der Waals surface area (Å²) in [6, 6.07) is 0. The smallest absolute Gasteiger partial charge is 0.462 e. The molecule has 5 N–H and O–H groups in total. The lowest BCUT2D eigenvalue weighted by atomic mass is 10.1. The summed E-state index contributed by atoms with van der Waals surface area (Å²) in [7, 11) is -9.73. The van der Waals surface area contributed by atoms with Gasteiger partial charge in [0.1, 0.15) is 12.7 Å². The van der Waals surface area contributed by atoms with Gasteiger partial charge in [-0.1, -0.05) is 130 Å². The molecule has 4 atom stereocenters. The van der Waals surface area contributed by atoms with Crippen molar-refractivity contribution in [1.82, 2.24) is 0 Å². The summed E-state index contributed by atoms with van der Waals surface area (Å²) in [4.78, 5) is 52.6. The van der Waals surface area contributed by atoms with Crippen LogP contribution in [0.5, 0.6) is 0 Å². The Morgan fingerprint density at radius 3 is 1.72 bits per heavy atom. The maximum Gasteiger partial charge on any atom is 0.472 e. The molecule has 0 heterocycles. The summed E-state index contributed by atoms with van der Waals surface area (Å²) in [5.74, 6) is -1.17. The number of esters is 2. The molecule has 60 heavy (non-hydrogen) atoms. The van der Waals surface area contributed by atoms with Crippen molar-refractivity contribution in [1.29, 1.82) is 0 Å². The van der Waals surface area contributed by atoms with E-state index in [1.807, 2.05) is 36.5 Å². The lowest BCUT2D eigenvalue weighted by molar-refractivity contribution is -0.161. The highest BCUT2D eigenvalue weighted by atomic mass is 31.2. The molecule has 0 bridgehead atoms. The second-order valence-corrected chi connectivity index (χ2v) is 16.4. The summed E-state index contributed by atoms with van der Waals surface area (Å²) in [6.45, 7) is 1.33. The van der Waals surface area contributed by atoms with Crippen LogP contribution in [-0.2, 0) is 41.8 Å². The number of carbonyl (C=O) groups excluding carboxylic acids is 2. The van der Waals surface area contributed by atoms with Gasteiger partial charge in [-0.05, 0) is 77.0 Å². The van der Waals surface area contributed by atoms with Crippen LogP contribution in [0.1, 0.15) is 123 Å². The first-order valence-corrected chi connectivity index (χ1v) is 24.1. The van der Waals surface area contributed by atoms with Gasteiger partial charge in [0.05, 0.1) is 25.9 Å². The van der Waals surface area contributed by atoms with Gasteiger partial charge in [0.15, 0.2) is 6.10 Å². The van der Waals surface area contributed by atoms with Crippen molar-refractivity contribution < 1.29 is 66.7 Å². The van der Waals surface area contributed by atoms with Gasteiger partial charge in [-0.25, -0.2) is 9.13 Å². The third-order valence-corrected chi connectivity index (χ3v) is 9.47. The molecule has 16 heteroatoms. The van der Waals surface area contributed by atoms with E-state index in [9.17, 15) is 33.8 Å². The molecule has 0 spiro atoms. The normalized spacial score (nSPS) is 15.5. The third kappa shape index (κ3) is 41.7. The van der Waals surface area contributed by atoms with E-state index in [4.69, 9.17) is 23.8 Å². The minimum Gasteiger partial charge on any atom is -0.462 e. The van der Waals surface area contributed by atoms with Crippen LogP contribution in [0.15, 0.2) is 97.2 Å². The van der Waals surface area contributed by atoms with Crippen LogP contribution in [-0.4, -0.2) is 81.6 Å². The number of rotatable bonds is 38. The fourth-order valence-corrected chi connectivity index (χ4v) is 6.05. The largest absolute Gasteiger partial charge is 0.472 e. The number of hydrogen-bond acceptors (Lipinski definition) is 11. The van der Waals surface area contributed by atoms with E-state index in [-0.39, 0.29) is 12.8 Å². The molecule has 2 unspecified atom stereocenters. The number of unbranched alkanes of at least 4 members (excludes halogenated alkanes) is 6. The minimum absolute atomic E-state index is 0.0113. The summed E-state index contributed by atoms with van der Waals surface area (Å²) in [6.07, 6.45) is 41.5. The minimum atomic E-state index is -4.88. The summed E-state index contributed by atoms with van der Waals surface area (Å²) in [5, 5.41) is 19.8. The molecule has 0 aliphatic heterocycles. The van der Waals surface area contributed by atoms with Crippen LogP contribution < -0.4 is 0 Å². The molecule has 0 aromatic carbocycles. The predicted molar refractivity (Wildman–Crippen MR) is 236 cm³/mol. The van der Waals surface area contributed by atoms with Gasteiger partial charge in [0.2, 0.25) is 0 Å². The van der Waals surface area contributed by atoms with Crippen LogP contribution in [0.3, 0.4) is 0 Å². The number of phosphoric ester groups is 2.